The number of aromatic amines is 1. The number of anilines is 1. The maximum absolute atomic E-state index is 11.8. The largest absolute Gasteiger partial charge is 0.490 e. The number of halogens is 5. The van der Waals surface area contributed by atoms with Gasteiger partial charge in [-0.3, -0.25) is 9.89 Å². The van der Waals surface area contributed by atoms with Gasteiger partial charge in [0.2, 0.25) is 5.91 Å². The Morgan fingerprint density at radius 2 is 1.94 bits per heavy atom. The minimum absolute atomic E-state index is 0.0433. The summed E-state index contributed by atoms with van der Waals surface area (Å²) in [6, 6.07) is 1.67. The Morgan fingerprint density at radius 1 is 1.29 bits per heavy atom. The lowest BCUT2D eigenvalue weighted by atomic mass is 10.0. The molecular formula is C18H16Cl2F3N5O3. The van der Waals surface area contributed by atoms with Crippen LogP contribution in [-0.4, -0.2) is 49.4 Å². The first kappa shape index (κ1) is 22.8. The van der Waals surface area contributed by atoms with Crippen LogP contribution < -0.4 is 5.73 Å². The van der Waals surface area contributed by atoms with Crippen molar-refractivity contribution in [1.29, 1.82) is 0 Å². The average molecular weight is 478 g/mol. The van der Waals surface area contributed by atoms with Gasteiger partial charge in [0.05, 0.1) is 28.3 Å². The normalized spacial score (nSPS) is 13.5. The lowest BCUT2D eigenvalue weighted by molar-refractivity contribution is -0.192. The molecule has 0 radical (unpaired) electrons. The number of nitrogens with zero attached hydrogens (tertiary/aromatic N) is 3. The van der Waals surface area contributed by atoms with Crippen molar-refractivity contribution < 1.29 is 27.9 Å². The number of nitrogen functional groups attached to an aromatic ring is 1. The van der Waals surface area contributed by atoms with Crippen LogP contribution in [0.2, 0.25) is 10.0 Å². The first-order valence-electron chi connectivity index (χ1n) is 8.76. The van der Waals surface area contributed by atoms with Crippen molar-refractivity contribution >= 4 is 51.7 Å². The predicted molar refractivity (Wildman–Crippen MR) is 109 cm³/mol. The van der Waals surface area contributed by atoms with E-state index in [9.17, 15) is 18.0 Å². The number of amides is 1. The number of H-pyrrole nitrogens is 1. The number of rotatable bonds is 1. The molecule has 1 aromatic carbocycles. The van der Waals surface area contributed by atoms with Gasteiger partial charge in [-0.05, 0) is 6.07 Å². The Kier molecular flexibility index (Phi) is 6.10. The third-order valence-corrected chi connectivity index (χ3v) is 5.55. The molecule has 8 nitrogen and oxygen atoms in total. The first-order chi connectivity index (χ1) is 14.4. The Hall–Kier alpha value is -2.92. The van der Waals surface area contributed by atoms with E-state index in [0.717, 1.165) is 27.7 Å². The summed E-state index contributed by atoms with van der Waals surface area (Å²) in [5, 5.41) is 15.8. The van der Waals surface area contributed by atoms with Crippen LogP contribution in [0.1, 0.15) is 12.6 Å². The second-order valence-electron chi connectivity index (χ2n) is 6.69. The molecular weight excluding hydrogens is 462 g/mol. The van der Waals surface area contributed by atoms with E-state index in [1.54, 1.807) is 19.2 Å². The van der Waals surface area contributed by atoms with E-state index in [1.807, 2.05) is 11.1 Å². The summed E-state index contributed by atoms with van der Waals surface area (Å²) in [5.74, 6) is -2.71. The topological polar surface area (TPSA) is 117 Å². The molecule has 3 heterocycles. The molecule has 0 spiro atoms. The van der Waals surface area contributed by atoms with Crippen LogP contribution in [0.5, 0.6) is 0 Å². The number of nitrogens with two attached hydrogens (primary N) is 1. The summed E-state index contributed by atoms with van der Waals surface area (Å²) in [6.07, 6.45) is -1.53. The number of hydrogen-bond donors (Lipinski definition) is 3. The highest BCUT2D eigenvalue weighted by molar-refractivity contribution is 6.46. The van der Waals surface area contributed by atoms with Gasteiger partial charge >= 0.3 is 12.1 Å². The number of aliphatic carboxylic acids is 1. The van der Waals surface area contributed by atoms with Gasteiger partial charge in [0.15, 0.2) is 0 Å². The molecule has 13 heteroatoms. The van der Waals surface area contributed by atoms with Gasteiger partial charge < -0.3 is 20.3 Å². The third-order valence-electron chi connectivity index (χ3n) is 4.77. The quantitative estimate of drug-likeness (QED) is 0.459. The molecule has 0 saturated heterocycles. The molecule has 0 aliphatic carbocycles. The standard InChI is InChI=1S/C16H15Cl2N5O.C2HF3O2/c1-8(24)22-2-3-23-12(7-22)13(9-5-20-21-6-9)14-11(19)4-10(17)15(18)16(14)23;3-2(4,5)1(6)7/h4-6H,2-3,7,19H2,1H3,(H,20,21);(H,6,7). The molecule has 0 unspecified atom stereocenters. The third kappa shape index (κ3) is 4.28. The number of carbonyl (C=O) groups is 2. The lowest BCUT2D eigenvalue weighted by Gasteiger charge is -2.29. The summed E-state index contributed by atoms with van der Waals surface area (Å²) >= 11 is 12.7. The van der Waals surface area contributed by atoms with Crippen molar-refractivity contribution in [3.8, 4) is 11.1 Å². The van der Waals surface area contributed by atoms with E-state index < -0.39 is 12.1 Å². The summed E-state index contributed by atoms with van der Waals surface area (Å²) in [6.45, 7) is 3.34. The second-order valence-corrected chi connectivity index (χ2v) is 7.47. The van der Waals surface area contributed by atoms with Crippen LogP contribution in [0.4, 0.5) is 18.9 Å². The van der Waals surface area contributed by atoms with Gasteiger partial charge in [-0.1, -0.05) is 23.2 Å². The van der Waals surface area contributed by atoms with Gasteiger partial charge in [0.25, 0.3) is 0 Å². The minimum Gasteiger partial charge on any atom is -0.475 e. The minimum atomic E-state index is -5.08. The summed E-state index contributed by atoms with van der Waals surface area (Å²) in [4.78, 5) is 22.5. The molecule has 3 aromatic rings. The van der Waals surface area contributed by atoms with E-state index in [-0.39, 0.29) is 5.91 Å². The van der Waals surface area contributed by atoms with E-state index in [1.165, 1.54) is 0 Å². The number of nitrogens with one attached hydrogen (secondary N) is 1. The molecule has 0 atom stereocenters. The van der Waals surface area contributed by atoms with E-state index in [4.69, 9.17) is 38.8 Å². The molecule has 31 heavy (non-hydrogen) atoms. The Bertz CT molecular complexity index is 1160. The average Bonchev–Trinajstić information content (AvgIpc) is 3.31. The summed E-state index contributed by atoms with van der Waals surface area (Å²) < 4.78 is 33.8. The number of benzene rings is 1. The molecule has 1 aliphatic rings. The van der Waals surface area contributed by atoms with E-state index >= 15 is 0 Å². The Morgan fingerprint density at radius 3 is 2.45 bits per heavy atom. The maximum Gasteiger partial charge on any atom is 0.490 e. The van der Waals surface area contributed by atoms with Crippen molar-refractivity contribution in [3.05, 3.63) is 34.2 Å². The fourth-order valence-electron chi connectivity index (χ4n) is 3.42. The maximum atomic E-state index is 11.8. The molecule has 4 rings (SSSR count). The van der Waals surface area contributed by atoms with Crippen molar-refractivity contribution in [3.63, 3.8) is 0 Å². The molecule has 1 aliphatic heterocycles. The number of carboxylic acids is 1. The summed E-state index contributed by atoms with van der Waals surface area (Å²) in [7, 11) is 0. The monoisotopic (exact) mass is 477 g/mol. The number of carboxylic acid groups (broad SMARTS) is 1. The van der Waals surface area contributed by atoms with Crippen LogP contribution in [0.25, 0.3) is 22.0 Å². The zero-order chi connectivity index (χ0) is 23.1. The van der Waals surface area contributed by atoms with Crippen molar-refractivity contribution in [1.82, 2.24) is 19.7 Å². The van der Waals surface area contributed by atoms with Crippen molar-refractivity contribution in [2.24, 2.45) is 0 Å². The van der Waals surface area contributed by atoms with Crippen LogP contribution in [0, 0.1) is 0 Å². The lowest BCUT2D eigenvalue weighted by Crippen LogP contribution is -2.36. The van der Waals surface area contributed by atoms with Gasteiger partial charge in [0, 0.05) is 54.1 Å². The molecule has 2 aromatic heterocycles. The highest BCUT2D eigenvalue weighted by Crippen LogP contribution is 2.45. The second kappa shape index (κ2) is 8.31. The highest BCUT2D eigenvalue weighted by atomic mass is 35.5. The van der Waals surface area contributed by atoms with Crippen LogP contribution in [0.15, 0.2) is 18.5 Å². The zero-order valence-electron chi connectivity index (χ0n) is 15.9. The predicted octanol–water partition coefficient (Wildman–Crippen LogP) is 3.92. The van der Waals surface area contributed by atoms with E-state index in [0.29, 0.717) is 35.4 Å². The van der Waals surface area contributed by atoms with Crippen molar-refractivity contribution in [2.75, 3.05) is 12.3 Å². The van der Waals surface area contributed by atoms with Gasteiger partial charge in [-0.25, -0.2) is 4.79 Å². The molecule has 0 fully saturated rings. The Balaban J connectivity index is 0.000000339. The number of fused-ring (bicyclic) bond motifs is 3. The SMILES string of the molecule is CC(=O)N1CCn2c(c(-c3cn[nH]c3)c3c(N)cc(Cl)c(Cl)c32)C1.O=C(O)C(F)(F)F. The fraction of sp³-hybridized carbons (Fsp3) is 0.278. The Labute approximate surface area is 183 Å². The van der Waals surface area contributed by atoms with Crippen LogP contribution >= 0.6 is 23.2 Å². The number of hydrogen-bond acceptors (Lipinski definition) is 4. The molecule has 0 bridgehead atoms. The number of alkyl halides is 3. The molecule has 166 valence electrons. The molecule has 4 N–H and O–H groups in total. The first-order valence-corrected chi connectivity index (χ1v) is 9.52. The number of aromatic nitrogens is 3. The molecule has 0 saturated carbocycles. The van der Waals surface area contributed by atoms with Gasteiger partial charge in [-0.15, -0.1) is 0 Å². The highest BCUT2D eigenvalue weighted by Gasteiger charge is 2.38. The van der Waals surface area contributed by atoms with Gasteiger partial charge in [-0.2, -0.15) is 18.3 Å². The fourth-order valence-corrected chi connectivity index (χ4v) is 3.88. The van der Waals surface area contributed by atoms with E-state index in [2.05, 4.69) is 14.8 Å². The van der Waals surface area contributed by atoms with Crippen LogP contribution in [-0.2, 0) is 22.7 Å². The van der Waals surface area contributed by atoms with Crippen molar-refractivity contribution in [2.45, 2.75) is 26.2 Å². The summed E-state index contributed by atoms with van der Waals surface area (Å²) in [5.41, 5.74) is 10.5. The van der Waals surface area contributed by atoms with Gasteiger partial charge in [0.1, 0.15) is 0 Å². The molecule has 1 amide bonds. The van der Waals surface area contributed by atoms with Crippen LogP contribution in [0.3, 0.4) is 0 Å². The zero-order valence-corrected chi connectivity index (χ0v) is 17.4. The smallest absolute Gasteiger partial charge is 0.475 e. The number of carbonyl (C=O) groups excluding carboxylic acids is 1.